The van der Waals surface area contributed by atoms with E-state index in [1.165, 1.54) is 24.3 Å². The molecule has 0 aliphatic heterocycles. The minimum Gasteiger partial charge on any atom is -0.321 e. The van der Waals surface area contributed by atoms with Gasteiger partial charge in [0.05, 0.1) is 16.1 Å². The molecule has 4 rings (SSSR count). The predicted octanol–water partition coefficient (Wildman–Crippen LogP) is 4.00. The summed E-state index contributed by atoms with van der Waals surface area (Å²) in [6.45, 7) is 1.86. The van der Waals surface area contributed by atoms with Crippen molar-refractivity contribution in [3.63, 3.8) is 0 Å². The van der Waals surface area contributed by atoms with Crippen LogP contribution in [0.1, 0.15) is 28.9 Å². The van der Waals surface area contributed by atoms with Gasteiger partial charge >= 0.3 is 0 Å². The quantitative estimate of drug-likeness (QED) is 0.603. The van der Waals surface area contributed by atoms with Gasteiger partial charge in [-0.05, 0) is 68.3 Å². The first-order valence-corrected chi connectivity index (χ1v) is 11.1. The molecule has 1 heterocycles. The van der Waals surface area contributed by atoms with E-state index < -0.39 is 10.0 Å². The summed E-state index contributed by atoms with van der Waals surface area (Å²) in [5, 5.41) is 3.73. The number of hydrogen-bond acceptors (Lipinski definition) is 4. The van der Waals surface area contributed by atoms with Crippen LogP contribution < -0.4 is 10.0 Å². The summed E-state index contributed by atoms with van der Waals surface area (Å²) in [5.74, 6) is -0.314. The van der Waals surface area contributed by atoms with Crippen molar-refractivity contribution in [1.29, 1.82) is 0 Å². The summed E-state index contributed by atoms with van der Waals surface area (Å²) in [6, 6.07) is 13.5. The van der Waals surface area contributed by atoms with Crippen LogP contribution in [0.4, 0.5) is 5.69 Å². The van der Waals surface area contributed by atoms with E-state index in [0.717, 1.165) is 33.9 Å². The van der Waals surface area contributed by atoms with E-state index in [9.17, 15) is 13.2 Å². The first-order chi connectivity index (χ1) is 13.3. The fraction of sp³-hybridized carbons (Fsp3) is 0.200. The Hall–Kier alpha value is -2.29. The molecule has 1 saturated carbocycles. The van der Waals surface area contributed by atoms with Crippen LogP contribution in [0.25, 0.3) is 10.9 Å². The van der Waals surface area contributed by atoms with Crippen molar-refractivity contribution in [2.75, 3.05) is 5.32 Å². The summed E-state index contributed by atoms with van der Waals surface area (Å²) in [7, 11) is -3.53. The number of fused-ring (bicyclic) bond motifs is 1. The normalized spacial score (nSPS) is 14.2. The topological polar surface area (TPSA) is 88.2 Å². The van der Waals surface area contributed by atoms with Crippen molar-refractivity contribution in [2.24, 2.45) is 0 Å². The maximum atomic E-state index is 12.7. The minimum atomic E-state index is -3.53. The summed E-state index contributed by atoms with van der Waals surface area (Å²) in [6.07, 6.45) is 1.74. The Morgan fingerprint density at radius 1 is 1.11 bits per heavy atom. The number of aromatic nitrogens is 1. The van der Waals surface area contributed by atoms with E-state index in [1.54, 1.807) is 0 Å². The molecule has 1 fully saturated rings. The van der Waals surface area contributed by atoms with Crippen LogP contribution in [-0.2, 0) is 10.0 Å². The van der Waals surface area contributed by atoms with Crippen molar-refractivity contribution >= 4 is 48.5 Å². The molecular weight excluding hydrogens is 442 g/mol. The molecule has 8 heteroatoms. The second-order valence-corrected chi connectivity index (χ2v) is 9.48. The number of halogens is 1. The van der Waals surface area contributed by atoms with Crippen LogP contribution >= 0.6 is 15.9 Å². The summed E-state index contributed by atoms with van der Waals surface area (Å²) in [5.41, 5.74) is 2.60. The number of sulfonamides is 1. The first kappa shape index (κ1) is 19.0. The number of nitrogens with zero attached hydrogens (tertiary/aromatic N) is 1. The fourth-order valence-corrected chi connectivity index (χ4v) is 4.57. The fourth-order valence-electron chi connectivity index (χ4n) is 2.90. The van der Waals surface area contributed by atoms with E-state index in [2.05, 4.69) is 31.0 Å². The average Bonchev–Trinajstić information content (AvgIpc) is 3.45. The number of rotatable bonds is 5. The van der Waals surface area contributed by atoms with E-state index in [4.69, 9.17) is 0 Å². The number of benzene rings is 2. The van der Waals surface area contributed by atoms with E-state index >= 15 is 0 Å². The van der Waals surface area contributed by atoms with Gasteiger partial charge in [-0.25, -0.2) is 13.1 Å². The minimum absolute atomic E-state index is 0.0375. The van der Waals surface area contributed by atoms with Crippen molar-refractivity contribution < 1.29 is 13.2 Å². The average molecular weight is 460 g/mol. The SMILES string of the molecule is Cc1cc(NC(=O)c2ccc(S(=O)(=O)NC3CC3)cc2)c2cc(Br)ccc2n1. The third-order valence-electron chi connectivity index (χ3n) is 4.47. The smallest absolute Gasteiger partial charge is 0.255 e. The predicted molar refractivity (Wildman–Crippen MR) is 112 cm³/mol. The lowest BCUT2D eigenvalue weighted by atomic mass is 10.1. The number of amides is 1. The Bertz CT molecular complexity index is 1170. The molecule has 1 aliphatic carbocycles. The molecule has 6 nitrogen and oxygen atoms in total. The molecule has 1 aliphatic rings. The van der Waals surface area contributed by atoms with Gasteiger partial charge in [-0.1, -0.05) is 15.9 Å². The van der Waals surface area contributed by atoms with Gasteiger partial charge in [-0.3, -0.25) is 9.78 Å². The maximum Gasteiger partial charge on any atom is 0.255 e. The Labute approximate surface area is 171 Å². The highest BCUT2D eigenvalue weighted by atomic mass is 79.9. The van der Waals surface area contributed by atoms with Crippen molar-refractivity contribution in [3.8, 4) is 0 Å². The molecule has 0 atom stereocenters. The number of anilines is 1. The highest BCUT2D eigenvalue weighted by Gasteiger charge is 2.28. The Morgan fingerprint density at radius 2 is 1.82 bits per heavy atom. The van der Waals surface area contributed by atoms with Gasteiger partial charge in [0.2, 0.25) is 10.0 Å². The number of pyridine rings is 1. The summed E-state index contributed by atoms with van der Waals surface area (Å²) >= 11 is 3.44. The standard InChI is InChI=1S/C20H18BrN3O3S/c1-12-10-19(17-11-14(21)4-9-18(17)22-12)23-20(25)13-2-7-16(8-3-13)28(26,27)24-15-5-6-15/h2-4,7-11,15,24H,5-6H2,1H3,(H,22,23,25). The van der Waals surface area contributed by atoms with Crippen molar-refractivity contribution in [1.82, 2.24) is 9.71 Å². The van der Waals surface area contributed by atoms with Crippen molar-refractivity contribution in [3.05, 3.63) is 64.3 Å². The molecule has 1 amide bonds. The van der Waals surface area contributed by atoms with Crippen LogP contribution in [0.2, 0.25) is 0 Å². The Balaban J connectivity index is 1.59. The summed E-state index contributed by atoms with van der Waals surface area (Å²) < 4.78 is 28.0. The number of aryl methyl sites for hydroxylation is 1. The Morgan fingerprint density at radius 3 is 2.50 bits per heavy atom. The molecule has 2 aromatic carbocycles. The molecule has 0 saturated heterocycles. The highest BCUT2D eigenvalue weighted by molar-refractivity contribution is 9.10. The van der Waals surface area contributed by atoms with Gasteiger partial charge in [0, 0.05) is 27.2 Å². The molecule has 0 radical (unpaired) electrons. The molecule has 0 unspecified atom stereocenters. The van der Waals surface area contributed by atoms with Gasteiger partial charge in [0.25, 0.3) is 5.91 Å². The lowest BCUT2D eigenvalue weighted by Crippen LogP contribution is -2.25. The zero-order chi connectivity index (χ0) is 19.9. The van der Waals surface area contributed by atoms with Gasteiger partial charge in [-0.2, -0.15) is 0 Å². The largest absolute Gasteiger partial charge is 0.321 e. The summed E-state index contributed by atoms with van der Waals surface area (Å²) in [4.78, 5) is 17.3. The van der Waals surface area contributed by atoms with E-state index in [-0.39, 0.29) is 16.8 Å². The molecule has 2 N–H and O–H groups in total. The lowest BCUT2D eigenvalue weighted by molar-refractivity contribution is 0.102. The van der Waals surface area contributed by atoms with E-state index in [0.29, 0.717) is 11.3 Å². The third kappa shape index (κ3) is 4.09. The van der Waals surface area contributed by atoms with Gasteiger partial charge in [-0.15, -0.1) is 0 Å². The monoisotopic (exact) mass is 459 g/mol. The number of carbonyl (C=O) groups excluding carboxylic acids is 1. The maximum absolute atomic E-state index is 12.7. The zero-order valence-corrected chi connectivity index (χ0v) is 17.5. The van der Waals surface area contributed by atoms with Crippen molar-refractivity contribution in [2.45, 2.75) is 30.7 Å². The second kappa shape index (κ2) is 7.27. The lowest BCUT2D eigenvalue weighted by Gasteiger charge is -2.11. The molecule has 144 valence electrons. The molecule has 28 heavy (non-hydrogen) atoms. The molecular formula is C20H18BrN3O3S. The second-order valence-electron chi connectivity index (χ2n) is 6.85. The van der Waals surface area contributed by atoms with Crippen LogP contribution in [0.5, 0.6) is 0 Å². The first-order valence-electron chi connectivity index (χ1n) is 8.82. The van der Waals surface area contributed by atoms with Crippen LogP contribution in [0.15, 0.2) is 57.9 Å². The van der Waals surface area contributed by atoms with Gasteiger partial charge in [0.1, 0.15) is 0 Å². The number of hydrogen-bond donors (Lipinski definition) is 2. The Kier molecular flexibility index (Phi) is 4.95. The van der Waals surface area contributed by atoms with Gasteiger partial charge < -0.3 is 5.32 Å². The molecule has 3 aromatic rings. The number of nitrogens with one attached hydrogen (secondary N) is 2. The van der Waals surface area contributed by atoms with Gasteiger partial charge in [0.15, 0.2) is 0 Å². The van der Waals surface area contributed by atoms with Crippen LogP contribution in [0.3, 0.4) is 0 Å². The number of carbonyl (C=O) groups is 1. The molecule has 0 spiro atoms. The third-order valence-corrected chi connectivity index (χ3v) is 6.50. The van der Waals surface area contributed by atoms with E-state index in [1.807, 2.05) is 31.2 Å². The molecule has 0 bridgehead atoms. The zero-order valence-electron chi connectivity index (χ0n) is 15.1. The van der Waals surface area contributed by atoms with Crippen LogP contribution in [-0.4, -0.2) is 25.4 Å². The molecule has 1 aromatic heterocycles. The van der Waals surface area contributed by atoms with Crippen LogP contribution in [0, 0.1) is 6.92 Å². The highest BCUT2D eigenvalue weighted by Crippen LogP contribution is 2.27.